The van der Waals surface area contributed by atoms with E-state index in [0.29, 0.717) is 6.61 Å². The number of rotatable bonds is 17. The van der Waals surface area contributed by atoms with E-state index < -0.39 is 0 Å². The first-order chi connectivity index (χ1) is 12.7. The first kappa shape index (κ1) is 26.1. The van der Waals surface area contributed by atoms with Gasteiger partial charge in [-0.15, -0.1) is 0 Å². The number of nitrogens with zero attached hydrogens (tertiary/aromatic N) is 3. The summed E-state index contributed by atoms with van der Waals surface area (Å²) in [5.41, 5.74) is 2.39. The number of hydrogen-bond acceptors (Lipinski definition) is 4. The summed E-state index contributed by atoms with van der Waals surface area (Å²) in [5.74, 6) is 0. The molecule has 0 aromatic heterocycles. The Bertz CT molecular complexity index is 415. The molecule has 0 radical (unpaired) electrons. The molecule has 0 aliphatic heterocycles. The Balaban J connectivity index is 4.29. The van der Waals surface area contributed by atoms with E-state index in [2.05, 4.69) is 76.0 Å². The fourth-order valence-electron chi connectivity index (χ4n) is 2.87. The summed E-state index contributed by atoms with van der Waals surface area (Å²) in [4.78, 5) is 7.07. The quantitative estimate of drug-likeness (QED) is 0.280. The molecule has 0 spiro atoms. The molecular weight excluding hydrogens is 334 g/mol. The minimum atomic E-state index is 0.246. The van der Waals surface area contributed by atoms with Gasteiger partial charge < -0.3 is 19.4 Å². The highest BCUT2D eigenvalue weighted by atomic mass is 16.5. The van der Waals surface area contributed by atoms with E-state index in [4.69, 9.17) is 4.74 Å². The lowest BCUT2D eigenvalue weighted by Crippen LogP contribution is -2.36. The lowest BCUT2D eigenvalue weighted by molar-refractivity contribution is 0.0494. The van der Waals surface area contributed by atoms with E-state index in [-0.39, 0.29) is 6.10 Å². The minimum absolute atomic E-state index is 0.246. The molecule has 0 rings (SSSR count). The Morgan fingerprint density at radius 1 is 1.00 bits per heavy atom. The standard InChI is InChI=1S/C23H45N3O/c1-9-21(2)13-10-14-22(3)20-27-23(4)19-26(17-11-15-24(5)6)18-12-16-25(7)8/h9,14,23H,1-2,10-13,15-20H2,3-8H3/b22-14+. The largest absolute Gasteiger partial charge is 0.373 e. The smallest absolute Gasteiger partial charge is 0.0678 e. The van der Waals surface area contributed by atoms with Gasteiger partial charge in [0.25, 0.3) is 0 Å². The normalized spacial score (nSPS) is 13.6. The molecule has 27 heavy (non-hydrogen) atoms. The van der Waals surface area contributed by atoms with Gasteiger partial charge >= 0.3 is 0 Å². The van der Waals surface area contributed by atoms with Crippen LogP contribution in [-0.2, 0) is 4.74 Å². The highest BCUT2D eigenvalue weighted by Gasteiger charge is 2.11. The van der Waals surface area contributed by atoms with Crippen LogP contribution in [0.4, 0.5) is 0 Å². The molecule has 0 fully saturated rings. The topological polar surface area (TPSA) is 19.0 Å². The van der Waals surface area contributed by atoms with Crippen LogP contribution in [0.5, 0.6) is 0 Å². The molecule has 0 amide bonds. The summed E-state index contributed by atoms with van der Waals surface area (Å²) < 4.78 is 6.10. The molecule has 1 unspecified atom stereocenters. The van der Waals surface area contributed by atoms with Crippen molar-refractivity contribution in [3.8, 4) is 0 Å². The maximum absolute atomic E-state index is 6.10. The van der Waals surface area contributed by atoms with Gasteiger partial charge in [0.15, 0.2) is 0 Å². The van der Waals surface area contributed by atoms with Crippen molar-refractivity contribution < 1.29 is 4.74 Å². The van der Waals surface area contributed by atoms with Crippen LogP contribution in [0.15, 0.2) is 36.5 Å². The lowest BCUT2D eigenvalue weighted by Gasteiger charge is -2.27. The predicted octanol–water partition coefficient (Wildman–Crippen LogP) is 4.07. The molecule has 0 aliphatic rings. The van der Waals surface area contributed by atoms with Crippen molar-refractivity contribution in [2.75, 3.05) is 67.5 Å². The van der Waals surface area contributed by atoms with Crippen LogP contribution in [0.2, 0.25) is 0 Å². The molecule has 0 saturated heterocycles. The van der Waals surface area contributed by atoms with Gasteiger partial charge in [-0.3, -0.25) is 0 Å². The van der Waals surface area contributed by atoms with Crippen molar-refractivity contribution in [3.05, 3.63) is 36.5 Å². The summed E-state index contributed by atoms with van der Waals surface area (Å²) in [6.07, 6.45) is 8.73. The molecule has 0 bridgehead atoms. The van der Waals surface area contributed by atoms with Crippen LogP contribution in [0.3, 0.4) is 0 Å². The number of allylic oxidation sites excluding steroid dienone is 3. The maximum atomic E-state index is 6.10. The zero-order valence-electron chi connectivity index (χ0n) is 19.0. The average Bonchev–Trinajstić information content (AvgIpc) is 2.58. The molecule has 0 N–H and O–H groups in total. The molecule has 0 aromatic carbocycles. The van der Waals surface area contributed by atoms with Crippen LogP contribution < -0.4 is 0 Å². The van der Waals surface area contributed by atoms with Crippen molar-refractivity contribution in [2.45, 2.75) is 45.6 Å². The molecule has 1 atom stereocenters. The van der Waals surface area contributed by atoms with Gasteiger partial charge in [-0.2, -0.15) is 0 Å². The molecule has 0 saturated carbocycles. The highest BCUT2D eigenvalue weighted by molar-refractivity contribution is 5.12. The van der Waals surface area contributed by atoms with Crippen LogP contribution in [0.25, 0.3) is 0 Å². The van der Waals surface area contributed by atoms with Crippen molar-refractivity contribution in [1.82, 2.24) is 14.7 Å². The van der Waals surface area contributed by atoms with Gasteiger partial charge in [-0.25, -0.2) is 0 Å². The summed E-state index contributed by atoms with van der Waals surface area (Å²) >= 11 is 0. The Morgan fingerprint density at radius 3 is 2.04 bits per heavy atom. The Kier molecular flexibility index (Phi) is 15.5. The Hall–Kier alpha value is -0.940. The molecule has 0 heterocycles. The zero-order valence-corrected chi connectivity index (χ0v) is 19.0. The summed E-state index contributed by atoms with van der Waals surface area (Å²) in [7, 11) is 8.56. The Labute approximate surface area is 169 Å². The fourth-order valence-corrected chi connectivity index (χ4v) is 2.87. The van der Waals surface area contributed by atoms with Crippen LogP contribution in [-0.4, -0.2) is 88.3 Å². The van der Waals surface area contributed by atoms with Gasteiger partial charge in [0.05, 0.1) is 12.7 Å². The lowest BCUT2D eigenvalue weighted by atomic mass is 10.1. The van der Waals surface area contributed by atoms with E-state index in [1.165, 1.54) is 18.4 Å². The van der Waals surface area contributed by atoms with E-state index in [1.807, 2.05) is 6.08 Å². The third kappa shape index (κ3) is 16.9. The molecule has 4 heteroatoms. The fraction of sp³-hybridized carbons (Fsp3) is 0.739. The average molecular weight is 380 g/mol. The van der Waals surface area contributed by atoms with Gasteiger partial charge in [-0.1, -0.05) is 36.5 Å². The first-order valence-corrected chi connectivity index (χ1v) is 10.3. The van der Waals surface area contributed by atoms with Crippen molar-refractivity contribution >= 4 is 0 Å². The van der Waals surface area contributed by atoms with Crippen molar-refractivity contribution in [2.24, 2.45) is 0 Å². The third-order valence-corrected chi connectivity index (χ3v) is 4.52. The summed E-state index contributed by atoms with van der Waals surface area (Å²) in [5, 5.41) is 0. The molecule has 0 aliphatic carbocycles. The second-order valence-electron chi connectivity index (χ2n) is 8.19. The van der Waals surface area contributed by atoms with E-state index in [0.717, 1.165) is 51.1 Å². The molecule has 4 nitrogen and oxygen atoms in total. The van der Waals surface area contributed by atoms with Crippen LogP contribution in [0.1, 0.15) is 39.5 Å². The van der Waals surface area contributed by atoms with Gasteiger partial charge in [0.1, 0.15) is 0 Å². The summed E-state index contributed by atoms with van der Waals surface area (Å²) in [6, 6.07) is 0. The second-order valence-corrected chi connectivity index (χ2v) is 8.19. The predicted molar refractivity (Wildman–Crippen MR) is 121 cm³/mol. The van der Waals surface area contributed by atoms with E-state index in [1.54, 1.807) is 0 Å². The van der Waals surface area contributed by atoms with Gasteiger partial charge in [0, 0.05) is 6.54 Å². The van der Waals surface area contributed by atoms with Crippen molar-refractivity contribution in [3.63, 3.8) is 0 Å². The molecular formula is C23H45N3O. The van der Waals surface area contributed by atoms with Crippen LogP contribution >= 0.6 is 0 Å². The maximum Gasteiger partial charge on any atom is 0.0678 e. The van der Waals surface area contributed by atoms with Crippen LogP contribution in [0, 0.1) is 0 Å². The monoisotopic (exact) mass is 379 g/mol. The molecule has 158 valence electrons. The first-order valence-electron chi connectivity index (χ1n) is 10.3. The van der Waals surface area contributed by atoms with E-state index in [9.17, 15) is 0 Å². The molecule has 0 aromatic rings. The van der Waals surface area contributed by atoms with E-state index >= 15 is 0 Å². The van der Waals surface area contributed by atoms with Crippen molar-refractivity contribution in [1.29, 1.82) is 0 Å². The SMILES string of the molecule is C=CC(=C)CC/C=C(\C)COC(C)CN(CCCN(C)C)CCCN(C)C. The minimum Gasteiger partial charge on any atom is -0.373 e. The number of ether oxygens (including phenoxy) is 1. The zero-order chi connectivity index (χ0) is 20.7. The summed E-state index contributed by atoms with van der Waals surface area (Å²) in [6.45, 7) is 18.3. The van der Waals surface area contributed by atoms with Gasteiger partial charge in [-0.05, 0) is 93.9 Å². The highest BCUT2D eigenvalue weighted by Crippen LogP contribution is 2.08. The van der Waals surface area contributed by atoms with Gasteiger partial charge in [0.2, 0.25) is 0 Å². The third-order valence-electron chi connectivity index (χ3n) is 4.52. The second kappa shape index (κ2) is 16.1. The number of hydrogen-bond donors (Lipinski definition) is 0. The Morgan fingerprint density at radius 2 is 1.56 bits per heavy atom.